The molecule has 0 spiro atoms. The minimum Gasteiger partial charge on any atom is -0.352 e. The van der Waals surface area contributed by atoms with Gasteiger partial charge in [-0.1, -0.05) is 37.3 Å². The summed E-state index contributed by atoms with van der Waals surface area (Å²) in [6.07, 6.45) is 1.00. The lowest BCUT2D eigenvalue weighted by Crippen LogP contribution is -2.23. The van der Waals surface area contributed by atoms with Gasteiger partial charge in [-0.05, 0) is 36.6 Å². The topological polar surface area (TPSA) is 29.0 Å². The van der Waals surface area contributed by atoms with Gasteiger partial charge in [0.25, 0.3) is 0 Å². The van der Waals surface area contributed by atoms with Crippen LogP contribution in [0.25, 0.3) is 10.2 Å². The SMILES string of the molecule is CCc1cc2c(N(CC)Cc3ccccc3)nc(Cl)nc2s1. The van der Waals surface area contributed by atoms with E-state index >= 15 is 0 Å². The standard InChI is InChI=1S/C17H18ClN3S/c1-3-13-10-14-15(19-17(18)20-16(14)22-13)21(4-2)11-12-8-6-5-7-9-12/h5-10H,3-4,11H2,1-2H3. The molecule has 0 N–H and O–H groups in total. The molecule has 1 aromatic carbocycles. The van der Waals surface area contributed by atoms with E-state index in [1.807, 2.05) is 6.07 Å². The van der Waals surface area contributed by atoms with Crippen molar-refractivity contribution < 1.29 is 0 Å². The third-order valence-corrected chi connectivity index (χ3v) is 4.98. The van der Waals surface area contributed by atoms with Crippen molar-refractivity contribution in [3.05, 3.63) is 52.1 Å². The summed E-state index contributed by atoms with van der Waals surface area (Å²) in [5.74, 6) is 0.928. The fraction of sp³-hybridized carbons (Fsp3) is 0.294. The quantitative estimate of drug-likeness (QED) is 0.620. The summed E-state index contributed by atoms with van der Waals surface area (Å²) >= 11 is 7.84. The molecule has 0 radical (unpaired) electrons. The molecular weight excluding hydrogens is 314 g/mol. The average molecular weight is 332 g/mol. The highest BCUT2D eigenvalue weighted by Crippen LogP contribution is 2.32. The van der Waals surface area contributed by atoms with Gasteiger partial charge >= 0.3 is 0 Å². The summed E-state index contributed by atoms with van der Waals surface area (Å²) in [7, 11) is 0. The van der Waals surface area contributed by atoms with Gasteiger partial charge in [-0.25, -0.2) is 4.98 Å². The van der Waals surface area contributed by atoms with Crippen LogP contribution in [0.1, 0.15) is 24.3 Å². The Morgan fingerprint density at radius 1 is 1.14 bits per heavy atom. The Morgan fingerprint density at radius 2 is 1.91 bits per heavy atom. The molecule has 0 aliphatic rings. The highest BCUT2D eigenvalue weighted by molar-refractivity contribution is 7.18. The van der Waals surface area contributed by atoms with E-state index in [1.165, 1.54) is 10.4 Å². The fourth-order valence-electron chi connectivity index (χ4n) is 2.49. The molecule has 0 aliphatic carbocycles. The van der Waals surface area contributed by atoms with E-state index in [0.29, 0.717) is 5.28 Å². The molecule has 0 amide bonds. The molecule has 114 valence electrons. The second-order valence-electron chi connectivity index (χ2n) is 5.10. The molecule has 2 heterocycles. The van der Waals surface area contributed by atoms with Crippen LogP contribution in [0.15, 0.2) is 36.4 Å². The first-order chi connectivity index (χ1) is 10.7. The van der Waals surface area contributed by atoms with Gasteiger partial charge in [0.05, 0.1) is 5.39 Å². The highest BCUT2D eigenvalue weighted by Gasteiger charge is 2.15. The third-order valence-electron chi connectivity index (χ3n) is 3.64. The Balaban J connectivity index is 2.04. The first-order valence-electron chi connectivity index (χ1n) is 7.46. The first-order valence-corrected chi connectivity index (χ1v) is 8.65. The Bertz CT molecular complexity index is 770. The molecule has 0 aliphatic heterocycles. The van der Waals surface area contributed by atoms with E-state index in [-0.39, 0.29) is 0 Å². The van der Waals surface area contributed by atoms with E-state index in [1.54, 1.807) is 11.3 Å². The van der Waals surface area contributed by atoms with E-state index in [9.17, 15) is 0 Å². The van der Waals surface area contributed by atoms with Crippen LogP contribution in [-0.2, 0) is 13.0 Å². The minimum atomic E-state index is 0.318. The predicted octanol–water partition coefficient (Wildman–Crippen LogP) is 4.93. The Labute approximate surface area is 139 Å². The lowest BCUT2D eigenvalue weighted by Gasteiger charge is -2.22. The van der Waals surface area contributed by atoms with Crippen molar-refractivity contribution >= 4 is 39.0 Å². The molecule has 3 rings (SSSR count). The number of nitrogens with zero attached hydrogens (tertiary/aromatic N) is 3. The third kappa shape index (κ3) is 3.08. The molecule has 22 heavy (non-hydrogen) atoms. The van der Waals surface area contributed by atoms with Crippen LogP contribution in [-0.4, -0.2) is 16.5 Å². The summed E-state index contributed by atoms with van der Waals surface area (Å²) in [6.45, 7) is 5.98. The summed E-state index contributed by atoms with van der Waals surface area (Å²) < 4.78 is 0. The van der Waals surface area contributed by atoms with Crippen LogP contribution >= 0.6 is 22.9 Å². The largest absolute Gasteiger partial charge is 0.352 e. The number of aryl methyl sites for hydroxylation is 1. The number of anilines is 1. The van der Waals surface area contributed by atoms with Crippen molar-refractivity contribution in [2.75, 3.05) is 11.4 Å². The van der Waals surface area contributed by atoms with Gasteiger partial charge in [-0.2, -0.15) is 4.98 Å². The molecule has 3 aromatic rings. The summed E-state index contributed by atoms with van der Waals surface area (Å²) in [5, 5.41) is 1.42. The maximum atomic E-state index is 6.14. The molecule has 5 heteroatoms. The molecular formula is C17H18ClN3S. The maximum absolute atomic E-state index is 6.14. The van der Waals surface area contributed by atoms with E-state index in [4.69, 9.17) is 11.6 Å². The molecule has 0 saturated carbocycles. The fourth-order valence-corrected chi connectivity index (χ4v) is 3.66. The lowest BCUT2D eigenvalue weighted by molar-refractivity contribution is 0.817. The summed E-state index contributed by atoms with van der Waals surface area (Å²) in [5.41, 5.74) is 1.26. The summed E-state index contributed by atoms with van der Waals surface area (Å²) in [4.78, 5) is 13.4. The van der Waals surface area contributed by atoms with Gasteiger partial charge < -0.3 is 4.90 Å². The molecule has 0 saturated heterocycles. The van der Waals surface area contributed by atoms with Gasteiger partial charge in [-0.3, -0.25) is 0 Å². The molecule has 3 nitrogen and oxygen atoms in total. The number of benzene rings is 1. The van der Waals surface area contributed by atoms with E-state index < -0.39 is 0 Å². The van der Waals surface area contributed by atoms with Gasteiger partial charge in [0.1, 0.15) is 10.6 Å². The van der Waals surface area contributed by atoms with Crippen molar-refractivity contribution in [1.82, 2.24) is 9.97 Å². The van der Waals surface area contributed by atoms with Crippen LogP contribution in [0.4, 0.5) is 5.82 Å². The number of fused-ring (bicyclic) bond motifs is 1. The maximum Gasteiger partial charge on any atom is 0.225 e. The minimum absolute atomic E-state index is 0.318. The van der Waals surface area contributed by atoms with Crippen LogP contribution < -0.4 is 4.90 Å². The number of hydrogen-bond acceptors (Lipinski definition) is 4. The lowest BCUT2D eigenvalue weighted by atomic mass is 10.2. The van der Waals surface area contributed by atoms with Crippen molar-refractivity contribution in [2.24, 2.45) is 0 Å². The number of hydrogen-bond donors (Lipinski definition) is 0. The van der Waals surface area contributed by atoms with Crippen LogP contribution in [0.2, 0.25) is 5.28 Å². The molecule has 0 fully saturated rings. The van der Waals surface area contributed by atoms with E-state index in [2.05, 4.69) is 59.0 Å². The zero-order valence-corrected chi connectivity index (χ0v) is 14.3. The monoisotopic (exact) mass is 331 g/mol. The van der Waals surface area contributed by atoms with Gasteiger partial charge in [0.2, 0.25) is 5.28 Å². The molecule has 0 bridgehead atoms. The van der Waals surface area contributed by atoms with Gasteiger partial charge in [0.15, 0.2) is 0 Å². The number of thiophene rings is 1. The van der Waals surface area contributed by atoms with Crippen LogP contribution in [0.3, 0.4) is 0 Å². The van der Waals surface area contributed by atoms with Crippen LogP contribution in [0.5, 0.6) is 0 Å². The number of halogens is 1. The molecule has 2 aromatic heterocycles. The van der Waals surface area contributed by atoms with E-state index in [0.717, 1.165) is 35.5 Å². The highest BCUT2D eigenvalue weighted by atomic mass is 35.5. The van der Waals surface area contributed by atoms with Crippen molar-refractivity contribution in [3.63, 3.8) is 0 Å². The first kappa shape index (κ1) is 15.3. The molecule has 0 atom stereocenters. The normalized spacial score (nSPS) is 11.0. The van der Waals surface area contributed by atoms with Gasteiger partial charge in [0, 0.05) is 18.0 Å². The van der Waals surface area contributed by atoms with Crippen LogP contribution in [0, 0.1) is 0 Å². The second-order valence-corrected chi connectivity index (χ2v) is 6.55. The zero-order chi connectivity index (χ0) is 15.5. The molecule has 0 unspecified atom stereocenters. The van der Waals surface area contributed by atoms with Crippen molar-refractivity contribution in [2.45, 2.75) is 26.8 Å². The number of rotatable bonds is 5. The zero-order valence-electron chi connectivity index (χ0n) is 12.7. The predicted molar refractivity (Wildman–Crippen MR) is 95.0 cm³/mol. The number of aromatic nitrogens is 2. The van der Waals surface area contributed by atoms with Crippen molar-refractivity contribution in [3.8, 4) is 0 Å². The smallest absolute Gasteiger partial charge is 0.225 e. The Hall–Kier alpha value is -1.65. The summed E-state index contributed by atoms with van der Waals surface area (Å²) in [6, 6.07) is 12.6. The Kier molecular flexibility index (Phi) is 4.60. The van der Waals surface area contributed by atoms with Crippen molar-refractivity contribution in [1.29, 1.82) is 0 Å². The van der Waals surface area contributed by atoms with Gasteiger partial charge in [-0.15, -0.1) is 11.3 Å². The second kappa shape index (κ2) is 6.63. The Morgan fingerprint density at radius 3 is 2.59 bits per heavy atom. The average Bonchev–Trinajstić information content (AvgIpc) is 2.96.